The van der Waals surface area contributed by atoms with Crippen LogP contribution in [0.2, 0.25) is 0 Å². The van der Waals surface area contributed by atoms with Crippen molar-refractivity contribution < 1.29 is 22.7 Å². The molecule has 9 heteroatoms. The van der Waals surface area contributed by atoms with Crippen LogP contribution in [-0.2, 0) is 11.3 Å². The maximum Gasteiger partial charge on any atom is 0.422 e. The Kier molecular flexibility index (Phi) is 7.75. The third-order valence-corrected chi connectivity index (χ3v) is 3.82. The molecule has 1 aromatic carbocycles. The molecule has 27 heavy (non-hydrogen) atoms. The molecule has 0 aliphatic heterocycles. The van der Waals surface area contributed by atoms with E-state index in [9.17, 15) is 18.0 Å². The van der Waals surface area contributed by atoms with Gasteiger partial charge in [-0.2, -0.15) is 13.2 Å². The number of ether oxygens (including phenoxy) is 1. The van der Waals surface area contributed by atoms with Crippen molar-refractivity contribution >= 4 is 11.9 Å². The zero-order valence-electron chi connectivity index (χ0n) is 15.2. The van der Waals surface area contributed by atoms with E-state index in [4.69, 9.17) is 0 Å². The second-order valence-electron chi connectivity index (χ2n) is 6.35. The fourth-order valence-electron chi connectivity index (χ4n) is 2.26. The molecule has 2 rings (SSSR count). The van der Waals surface area contributed by atoms with E-state index >= 15 is 0 Å². The molecule has 1 fully saturated rings. The van der Waals surface area contributed by atoms with E-state index < -0.39 is 12.8 Å². The number of nitrogens with zero attached hydrogens (tertiary/aromatic N) is 1. The molecule has 0 aromatic heterocycles. The van der Waals surface area contributed by atoms with Crippen LogP contribution in [0.25, 0.3) is 0 Å². The third-order valence-electron chi connectivity index (χ3n) is 3.82. The molecule has 0 bridgehead atoms. The predicted molar refractivity (Wildman–Crippen MR) is 96.6 cm³/mol. The van der Waals surface area contributed by atoms with Crippen molar-refractivity contribution in [2.45, 2.75) is 44.4 Å². The summed E-state index contributed by atoms with van der Waals surface area (Å²) in [5, 5.41) is 9.17. The van der Waals surface area contributed by atoms with Crippen LogP contribution in [-0.4, -0.2) is 44.3 Å². The summed E-state index contributed by atoms with van der Waals surface area (Å²) in [6.07, 6.45) is -1.02. The number of rotatable bonds is 9. The van der Waals surface area contributed by atoms with Gasteiger partial charge >= 0.3 is 6.18 Å². The molecule has 0 spiro atoms. The van der Waals surface area contributed by atoms with Crippen molar-refractivity contribution in [1.82, 2.24) is 16.0 Å². The molecular weight excluding hydrogens is 361 g/mol. The number of alkyl halides is 3. The number of carbonyl (C=O) groups excluding carboxylic acids is 1. The Balaban J connectivity index is 1.63. The van der Waals surface area contributed by atoms with Crippen LogP contribution in [0.1, 0.15) is 31.2 Å². The maximum absolute atomic E-state index is 12.1. The molecule has 1 aliphatic rings. The summed E-state index contributed by atoms with van der Waals surface area (Å²) in [6.45, 7) is -0.233. The van der Waals surface area contributed by atoms with E-state index in [1.54, 1.807) is 19.2 Å². The van der Waals surface area contributed by atoms with Gasteiger partial charge < -0.3 is 20.7 Å². The zero-order chi connectivity index (χ0) is 19.7. The summed E-state index contributed by atoms with van der Waals surface area (Å²) in [5.74, 6) is 0.841. The number of aliphatic imine (C=N–C) groups is 1. The minimum Gasteiger partial charge on any atom is -0.484 e. The van der Waals surface area contributed by atoms with Gasteiger partial charge in [0.25, 0.3) is 0 Å². The van der Waals surface area contributed by atoms with Gasteiger partial charge in [-0.25, -0.2) is 0 Å². The van der Waals surface area contributed by atoms with Crippen molar-refractivity contribution in [2.75, 3.05) is 20.2 Å². The highest BCUT2D eigenvalue weighted by Gasteiger charge is 2.28. The number of benzene rings is 1. The standard InChI is InChI=1S/C18H25F3N4O2/c1-22-17(23-10-2-3-16(26)25-14-6-7-14)24-11-13-4-8-15(9-5-13)27-12-18(19,20)21/h4-5,8-9,14H,2-3,6-7,10-12H2,1H3,(H,25,26)(H2,22,23,24). The summed E-state index contributed by atoms with van der Waals surface area (Å²) >= 11 is 0. The van der Waals surface area contributed by atoms with E-state index in [1.165, 1.54) is 12.1 Å². The Morgan fingerprint density at radius 2 is 1.93 bits per heavy atom. The summed E-state index contributed by atoms with van der Waals surface area (Å²) in [4.78, 5) is 15.7. The van der Waals surface area contributed by atoms with Crippen molar-refractivity contribution in [3.8, 4) is 5.75 Å². The number of nitrogens with one attached hydrogen (secondary N) is 3. The van der Waals surface area contributed by atoms with Crippen LogP contribution >= 0.6 is 0 Å². The quantitative estimate of drug-likeness (QED) is 0.346. The van der Waals surface area contributed by atoms with Crippen molar-refractivity contribution in [3.05, 3.63) is 29.8 Å². The highest BCUT2D eigenvalue weighted by atomic mass is 19.4. The van der Waals surface area contributed by atoms with Gasteiger partial charge in [0.05, 0.1) is 0 Å². The topological polar surface area (TPSA) is 74.8 Å². The van der Waals surface area contributed by atoms with Gasteiger partial charge in [0, 0.05) is 32.6 Å². The van der Waals surface area contributed by atoms with Gasteiger partial charge in [-0.3, -0.25) is 9.79 Å². The lowest BCUT2D eigenvalue weighted by molar-refractivity contribution is -0.153. The first-order valence-corrected chi connectivity index (χ1v) is 8.88. The van der Waals surface area contributed by atoms with E-state index in [2.05, 4.69) is 25.7 Å². The van der Waals surface area contributed by atoms with Crippen LogP contribution in [0.3, 0.4) is 0 Å². The minimum atomic E-state index is -4.35. The molecule has 0 saturated heterocycles. The van der Waals surface area contributed by atoms with Gasteiger partial charge in [-0.05, 0) is 37.0 Å². The van der Waals surface area contributed by atoms with Gasteiger partial charge in [0.1, 0.15) is 5.75 Å². The minimum absolute atomic E-state index is 0.0788. The van der Waals surface area contributed by atoms with Crippen LogP contribution in [0.15, 0.2) is 29.3 Å². The highest BCUT2D eigenvalue weighted by Crippen LogP contribution is 2.19. The molecule has 150 valence electrons. The molecule has 1 amide bonds. The SMILES string of the molecule is CN=C(NCCCC(=O)NC1CC1)NCc1ccc(OCC(F)(F)F)cc1. The predicted octanol–water partition coefficient (Wildman–Crippen LogP) is 2.35. The molecule has 1 aliphatic carbocycles. The second-order valence-corrected chi connectivity index (χ2v) is 6.35. The zero-order valence-corrected chi connectivity index (χ0v) is 15.2. The van der Waals surface area contributed by atoms with E-state index in [0.29, 0.717) is 37.9 Å². The van der Waals surface area contributed by atoms with Crippen LogP contribution in [0.4, 0.5) is 13.2 Å². The maximum atomic E-state index is 12.1. The summed E-state index contributed by atoms with van der Waals surface area (Å²) in [6, 6.07) is 6.75. The van der Waals surface area contributed by atoms with E-state index in [-0.39, 0.29) is 11.7 Å². The molecular formula is C18H25F3N4O2. The lowest BCUT2D eigenvalue weighted by Gasteiger charge is -2.13. The Morgan fingerprint density at radius 1 is 1.22 bits per heavy atom. The van der Waals surface area contributed by atoms with Gasteiger partial charge in [-0.1, -0.05) is 12.1 Å². The fraction of sp³-hybridized carbons (Fsp3) is 0.556. The largest absolute Gasteiger partial charge is 0.484 e. The molecule has 3 N–H and O–H groups in total. The summed E-state index contributed by atoms with van der Waals surface area (Å²) < 4.78 is 41.0. The Labute approximate surface area is 156 Å². The van der Waals surface area contributed by atoms with Gasteiger partial charge in [0.2, 0.25) is 5.91 Å². The molecule has 0 heterocycles. The van der Waals surface area contributed by atoms with Crippen molar-refractivity contribution in [3.63, 3.8) is 0 Å². The van der Waals surface area contributed by atoms with Gasteiger partial charge in [0.15, 0.2) is 12.6 Å². The first-order valence-electron chi connectivity index (χ1n) is 8.88. The van der Waals surface area contributed by atoms with E-state index in [0.717, 1.165) is 18.4 Å². The molecule has 6 nitrogen and oxygen atoms in total. The molecule has 0 atom stereocenters. The first-order chi connectivity index (χ1) is 12.9. The molecule has 0 radical (unpaired) electrons. The van der Waals surface area contributed by atoms with Crippen LogP contribution in [0.5, 0.6) is 5.75 Å². The monoisotopic (exact) mass is 386 g/mol. The highest BCUT2D eigenvalue weighted by molar-refractivity contribution is 5.80. The summed E-state index contributed by atoms with van der Waals surface area (Å²) in [5.41, 5.74) is 0.876. The normalized spacial score (nSPS) is 14.6. The second kappa shape index (κ2) is 10.0. The lowest BCUT2D eigenvalue weighted by Crippen LogP contribution is -2.37. The Morgan fingerprint density at radius 3 is 2.52 bits per heavy atom. The van der Waals surface area contributed by atoms with Crippen LogP contribution < -0.4 is 20.7 Å². The Hall–Kier alpha value is -2.45. The van der Waals surface area contributed by atoms with Crippen molar-refractivity contribution in [1.29, 1.82) is 0 Å². The number of carbonyl (C=O) groups is 1. The molecule has 1 saturated carbocycles. The smallest absolute Gasteiger partial charge is 0.422 e. The number of amides is 1. The van der Waals surface area contributed by atoms with E-state index in [1.807, 2.05) is 0 Å². The van der Waals surface area contributed by atoms with Crippen LogP contribution in [0, 0.1) is 0 Å². The average molecular weight is 386 g/mol. The first kappa shape index (κ1) is 20.9. The summed E-state index contributed by atoms with van der Waals surface area (Å²) in [7, 11) is 1.64. The molecule has 0 unspecified atom stereocenters. The number of halogens is 3. The van der Waals surface area contributed by atoms with Crippen molar-refractivity contribution in [2.24, 2.45) is 4.99 Å². The number of hydrogen-bond donors (Lipinski definition) is 3. The number of guanidine groups is 1. The average Bonchev–Trinajstić information content (AvgIpc) is 3.43. The van der Waals surface area contributed by atoms with Gasteiger partial charge in [-0.15, -0.1) is 0 Å². The number of hydrogen-bond acceptors (Lipinski definition) is 3. The third kappa shape index (κ3) is 9.16. The molecule has 1 aromatic rings. The Bertz CT molecular complexity index is 628. The fourth-order valence-corrected chi connectivity index (χ4v) is 2.26. The lowest BCUT2D eigenvalue weighted by atomic mass is 10.2.